The molecule has 0 aliphatic carbocycles. The third-order valence-corrected chi connectivity index (χ3v) is 2.77. The average molecular weight is 250 g/mol. The van der Waals surface area contributed by atoms with Crippen LogP contribution >= 0.6 is 0 Å². The zero-order valence-electron chi connectivity index (χ0n) is 10.5. The van der Waals surface area contributed by atoms with E-state index in [0.29, 0.717) is 11.3 Å². The molecule has 1 unspecified atom stereocenters. The van der Waals surface area contributed by atoms with E-state index in [9.17, 15) is 9.59 Å². The van der Waals surface area contributed by atoms with Crippen LogP contribution in [0.25, 0.3) is 0 Å². The van der Waals surface area contributed by atoms with Crippen molar-refractivity contribution in [2.75, 3.05) is 5.73 Å². The van der Waals surface area contributed by atoms with Gasteiger partial charge in [-0.25, -0.2) is 0 Å². The summed E-state index contributed by atoms with van der Waals surface area (Å²) in [5, 5.41) is 8.68. The van der Waals surface area contributed by atoms with Crippen LogP contribution < -0.4 is 11.5 Å². The second-order valence-corrected chi connectivity index (χ2v) is 4.57. The molecule has 5 heteroatoms. The van der Waals surface area contributed by atoms with Crippen molar-refractivity contribution in [1.29, 1.82) is 0 Å². The fraction of sp³-hybridized carbons (Fsp3) is 0.385. The quantitative estimate of drug-likeness (QED) is 0.540. The highest BCUT2D eigenvalue weighted by Gasteiger charge is 2.19. The van der Waals surface area contributed by atoms with Crippen molar-refractivity contribution in [2.45, 2.75) is 32.2 Å². The maximum absolute atomic E-state index is 11.9. The van der Waals surface area contributed by atoms with Crippen LogP contribution in [0.2, 0.25) is 0 Å². The Kier molecular flexibility index (Phi) is 4.44. The number of Topliss-reactive ketones (excluding diaryl/α,β-unsaturated/α-hetero) is 1. The number of carbonyl (C=O) groups is 2. The Labute approximate surface area is 106 Å². The van der Waals surface area contributed by atoms with Crippen LogP contribution in [0.4, 0.5) is 5.69 Å². The summed E-state index contributed by atoms with van der Waals surface area (Å²) in [7, 11) is 0. The van der Waals surface area contributed by atoms with Crippen LogP contribution in [0.5, 0.6) is 0 Å². The highest BCUT2D eigenvalue weighted by molar-refractivity contribution is 6.02. The van der Waals surface area contributed by atoms with Crippen LogP contribution in [-0.2, 0) is 4.79 Å². The molecule has 5 N–H and O–H groups in total. The van der Waals surface area contributed by atoms with Gasteiger partial charge in [0, 0.05) is 17.7 Å². The van der Waals surface area contributed by atoms with E-state index in [1.165, 1.54) is 0 Å². The van der Waals surface area contributed by atoms with E-state index in [1.807, 2.05) is 19.9 Å². The number of carboxylic acid groups (broad SMARTS) is 1. The SMILES string of the molecule is CC(C)c1ccc(N)c(C(=O)CC(N)C(=O)O)c1. The average Bonchev–Trinajstić information content (AvgIpc) is 2.28. The maximum atomic E-state index is 11.9. The Morgan fingerprint density at radius 2 is 1.94 bits per heavy atom. The first-order valence-corrected chi connectivity index (χ1v) is 5.74. The number of nitrogens with two attached hydrogens (primary N) is 2. The number of carboxylic acids is 1. The monoisotopic (exact) mass is 250 g/mol. The molecular weight excluding hydrogens is 232 g/mol. The molecule has 1 rings (SSSR count). The van der Waals surface area contributed by atoms with Crippen LogP contribution in [0, 0.1) is 0 Å². The number of carbonyl (C=O) groups excluding carboxylic acids is 1. The lowest BCUT2D eigenvalue weighted by molar-refractivity contribution is -0.138. The van der Waals surface area contributed by atoms with Gasteiger partial charge in [0.15, 0.2) is 5.78 Å². The topological polar surface area (TPSA) is 106 Å². The molecule has 0 amide bonds. The molecule has 0 bridgehead atoms. The van der Waals surface area contributed by atoms with Gasteiger partial charge in [0.1, 0.15) is 6.04 Å². The normalized spacial score (nSPS) is 12.4. The van der Waals surface area contributed by atoms with E-state index in [4.69, 9.17) is 16.6 Å². The molecule has 1 aromatic carbocycles. The van der Waals surface area contributed by atoms with Crippen molar-refractivity contribution in [3.63, 3.8) is 0 Å². The van der Waals surface area contributed by atoms with E-state index >= 15 is 0 Å². The molecule has 0 heterocycles. The van der Waals surface area contributed by atoms with E-state index in [-0.39, 0.29) is 18.1 Å². The molecular formula is C13H18N2O3. The van der Waals surface area contributed by atoms with Gasteiger partial charge in [0.05, 0.1) is 0 Å². The first kappa shape index (κ1) is 14.2. The molecule has 0 saturated heterocycles. The zero-order valence-corrected chi connectivity index (χ0v) is 10.5. The molecule has 1 aromatic rings. The van der Waals surface area contributed by atoms with Gasteiger partial charge in [0.25, 0.3) is 0 Å². The Hall–Kier alpha value is -1.88. The lowest BCUT2D eigenvalue weighted by Crippen LogP contribution is -2.32. The third kappa shape index (κ3) is 3.30. The van der Waals surface area contributed by atoms with Crippen LogP contribution in [0.15, 0.2) is 18.2 Å². The first-order valence-electron chi connectivity index (χ1n) is 5.74. The number of hydrogen-bond donors (Lipinski definition) is 3. The number of hydrogen-bond acceptors (Lipinski definition) is 4. The van der Waals surface area contributed by atoms with Crippen molar-refractivity contribution in [1.82, 2.24) is 0 Å². The fourth-order valence-corrected chi connectivity index (χ4v) is 1.57. The molecule has 18 heavy (non-hydrogen) atoms. The number of ketones is 1. The highest BCUT2D eigenvalue weighted by Crippen LogP contribution is 2.21. The summed E-state index contributed by atoms with van der Waals surface area (Å²) in [6, 6.07) is 4.03. The molecule has 5 nitrogen and oxygen atoms in total. The number of aliphatic carboxylic acids is 1. The van der Waals surface area contributed by atoms with Crippen LogP contribution in [-0.4, -0.2) is 22.9 Å². The van der Waals surface area contributed by atoms with Gasteiger partial charge in [-0.05, 0) is 23.6 Å². The third-order valence-electron chi connectivity index (χ3n) is 2.77. The van der Waals surface area contributed by atoms with E-state index in [1.54, 1.807) is 12.1 Å². The van der Waals surface area contributed by atoms with E-state index < -0.39 is 12.0 Å². The zero-order chi connectivity index (χ0) is 13.9. The Bertz CT molecular complexity index is 469. The van der Waals surface area contributed by atoms with E-state index in [0.717, 1.165) is 5.56 Å². The number of benzene rings is 1. The summed E-state index contributed by atoms with van der Waals surface area (Å²) in [5.41, 5.74) is 12.8. The molecule has 0 saturated carbocycles. The molecule has 1 atom stereocenters. The summed E-state index contributed by atoms with van der Waals surface area (Å²) < 4.78 is 0. The van der Waals surface area contributed by atoms with Gasteiger partial charge in [-0.15, -0.1) is 0 Å². The second kappa shape index (κ2) is 5.64. The highest BCUT2D eigenvalue weighted by atomic mass is 16.4. The molecule has 0 aliphatic heterocycles. The molecule has 98 valence electrons. The first-order chi connectivity index (χ1) is 8.32. The standard InChI is InChI=1S/C13H18N2O3/c1-7(2)8-3-4-10(14)9(5-8)12(16)6-11(15)13(17)18/h3-5,7,11H,6,14-15H2,1-2H3,(H,17,18). The number of anilines is 1. The molecule has 0 spiro atoms. The summed E-state index contributed by atoms with van der Waals surface area (Å²) in [5.74, 6) is -1.27. The van der Waals surface area contributed by atoms with Gasteiger partial charge in [-0.3, -0.25) is 9.59 Å². The minimum atomic E-state index is -1.19. The Balaban J connectivity index is 2.98. The lowest BCUT2D eigenvalue weighted by atomic mass is 9.96. The van der Waals surface area contributed by atoms with Gasteiger partial charge >= 0.3 is 5.97 Å². The van der Waals surface area contributed by atoms with Gasteiger partial charge in [0.2, 0.25) is 0 Å². The van der Waals surface area contributed by atoms with Crippen molar-refractivity contribution >= 4 is 17.4 Å². The van der Waals surface area contributed by atoms with Crippen molar-refractivity contribution in [2.24, 2.45) is 5.73 Å². The Morgan fingerprint density at radius 1 is 1.33 bits per heavy atom. The Morgan fingerprint density at radius 3 is 2.44 bits per heavy atom. The summed E-state index contributed by atoms with van der Waals surface area (Å²) >= 11 is 0. The van der Waals surface area contributed by atoms with E-state index in [2.05, 4.69) is 0 Å². The lowest BCUT2D eigenvalue weighted by Gasteiger charge is -2.11. The largest absolute Gasteiger partial charge is 0.480 e. The summed E-state index contributed by atoms with van der Waals surface area (Å²) in [6.45, 7) is 4.01. The van der Waals surface area contributed by atoms with Gasteiger partial charge < -0.3 is 16.6 Å². The number of nitrogen functional groups attached to an aromatic ring is 1. The maximum Gasteiger partial charge on any atom is 0.320 e. The minimum Gasteiger partial charge on any atom is -0.480 e. The van der Waals surface area contributed by atoms with Crippen LogP contribution in [0.1, 0.15) is 42.1 Å². The summed E-state index contributed by atoms with van der Waals surface area (Å²) in [4.78, 5) is 22.5. The van der Waals surface area contributed by atoms with Gasteiger partial charge in [-0.2, -0.15) is 0 Å². The fourth-order valence-electron chi connectivity index (χ4n) is 1.57. The number of rotatable bonds is 5. The van der Waals surface area contributed by atoms with Crippen molar-refractivity contribution < 1.29 is 14.7 Å². The smallest absolute Gasteiger partial charge is 0.320 e. The predicted molar refractivity (Wildman–Crippen MR) is 69.5 cm³/mol. The predicted octanol–water partition coefficient (Wildman–Crippen LogP) is 1.38. The molecule has 0 fully saturated rings. The van der Waals surface area contributed by atoms with Crippen molar-refractivity contribution in [3.05, 3.63) is 29.3 Å². The molecule has 0 aromatic heterocycles. The second-order valence-electron chi connectivity index (χ2n) is 4.57. The minimum absolute atomic E-state index is 0.249. The van der Waals surface area contributed by atoms with Gasteiger partial charge in [-0.1, -0.05) is 19.9 Å². The molecule has 0 radical (unpaired) electrons. The summed E-state index contributed by atoms with van der Waals surface area (Å²) in [6.07, 6.45) is -0.249. The van der Waals surface area contributed by atoms with Crippen molar-refractivity contribution in [3.8, 4) is 0 Å². The van der Waals surface area contributed by atoms with Crippen LogP contribution in [0.3, 0.4) is 0 Å². The molecule has 0 aliphatic rings.